The molecule has 104 valence electrons. The molecule has 0 radical (unpaired) electrons. The Morgan fingerprint density at radius 1 is 1.10 bits per heavy atom. The maximum Gasteiger partial charge on any atom is 0.488 e. The van der Waals surface area contributed by atoms with Gasteiger partial charge in [-0.3, -0.25) is 0 Å². The maximum atomic E-state index is 13.3. The van der Waals surface area contributed by atoms with Crippen molar-refractivity contribution in [3.63, 3.8) is 0 Å². The van der Waals surface area contributed by atoms with Crippen molar-refractivity contribution >= 4 is 24.2 Å². The van der Waals surface area contributed by atoms with E-state index in [2.05, 4.69) is 0 Å². The maximum absolute atomic E-state index is 13.3. The Balaban J connectivity index is 2.12. The zero-order chi connectivity index (χ0) is 14.7. The van der Waals surface area contributed by atoms with E-state index in [1.54, 1.807) is 0 Å². The van der Waals surface area contributed by atoms with Crippen LogP contribution in [0.25, 0.3) is 0 Å². The molecule has 0 spiro atoms. The van der Waals surface area contributed by atoms with Gasteiger partial charge in [-0.2, -0.15) is 0 Å². The van der Waals surface area contributed by atoms with E-state index in [-0.39, 0.29) is 22.8 Å². The van der Waals surface area contributed by atoms with Crippen LogP contribution in [0.2, 0.25) is 5.02 Å². The highest BCUT2D eigenvalue weighted by Crippen LogP contribution is 2.18. The Morgan fingerprint density at radius 3 is 2.50 bits per heavy atom. The van der Waals surface area contributed by atoms with Crippen LogP contribution in [0.1, 0.15) is 5.56 Å². The number of hydrogen-bond donors (Lipinski definition) is 2. The lowest BCUT2D eigenvalue weighted by molar-refractivity contribution is 0.304. The van der Waals surface area contributed by atoms with Crippen molar-refractivity contribution in [2.45, 2.75) is 6.61 Å². The van der Waals surface area contributed by atoms with E-state index < -0.39 is 18.8 Å². The summed E-state index contributed by atoms with van der Waals surface area (Å²) in [6, 6.07) is 7.50. The molecule has 2 aromatic carbocycles. The lowest BCUT2D eigenvalue weighted by atomic mass is 9.80. The first-order valence-electron chi connectivity index (χ1n) is 5.69. The molecule has 0 fully saturated rings. The first kappa shape index (κ1) is 14.8. The van der Waals surface area contributed by atoms with Crippen molar-refractivity contribution in [2.75, 3.05) is 0 Å². The van der Waals surface area contributed by atoms with Gasteiger partial charge in [-0.1, -0.05) is 17.7 Å². The van der Waals surface area contributed by atoms with E-state index in [1.807, 2.05) is 0 Å². The summed E-state index contributed by atoms with van der Waals surface area (Å²) in [5.74, 6) is -1.05. The van der Waals surface area contributed by atoms with Crippen LogP contribution in [0.5, 0.6) is 5.75 Å². The standard InChI is InChI=1S/C13H10BClF2O3/c15-12-3-8(1-2-13(12)17)7-20-11-5-9(14(18)19)4-10(16)6-11/h1-6,18-19H,7H2. The third kappa shape index (κ3) is 3.69. The van der Waals surface area contributed by atoms with Crippen molar-refractivity contribution in [3.8, 4) is 5.75 Å². The number of halogens is 3. The number of benzene rings is 2. The van der Waals surface area contributed by atoms with Crippen molar-refractivity contribution in [2.24, 2.45) is 0 Å². The van der Waals surface area contributed by atoms with E-state index in [4.69, 9.17) is 26.4 Å². The molecule has 2 aromatic rings. The average molecular weight is 298 g/mol. The molecular formula is C13H10BClF2O3. The highest BCUT2D eigenvalue weighted by atomic mass is 35.5. The minimum atomic E-state index is -1.78. The molecule has 0 bridgehead atoms. The van der Waals surface area contributed by atoms with Crippen LogP contribution in [-0.4, -0.2) is 17.2 Å². The topological polar surface area (TPSA) is 49.7 Å². The van der Waals surface area contributed by atoms with Crippen LogP contribution >= 0.6 is 11.6 Å². The van der Waals surface area contributed by atoms with E-state index in [0.717, 1.165) is 12.1 Å². The molecule has 0 saturated heterocycles. The summed E-state index contributed by atoms with van der Waals surface area (Å²) in [6.45, 7) is 0.0460. The third-order valence-corrected chi connectivity index (χ3v) is 2.87. The van der Waals surface area contributed by atoms with Crippen molar-refractivity contribution < 1.29 is 23.6 Å². The molecule has 0 heterocycles. The Hall–Kier alpha value is -1.63. The molecule has 3 nitrogen and oxygen atoms in total. The normalized spacial score (nSPS) is 10.4. The molecule has 20 heavy (non-hydrogen) atoms. The SMILES string of the molecule is OB(O)c1cc(F)cc(OCc2ccc(F)c(Cl)c2)c1. The number of rotatable bonds is 4. The van der Waals surface area contributed by atoms with Gasteiger partial charge in [0.2, 0.25) is 0 Å². The van der Waals surface area contributed by atoms with Gasteiger partial charge >= 0.3 is 7.12 Å². The highest BCUT2D eigenvalue weighted by Gasteiger charge is 2.13. The lowest BCUT2D eigenvalue weighted by Crippen LogP contribution is -2.30. The zero-order valence-electron chi connectivity index (χ0n) is 10.2. The van der Waals surface area contributed by atoms with Gasteiger partial charge in [-0.05, 0) is 35.3 Å². The van der Waals surface area contributed by atoms with Crippen LogP contribution < -0.4 is 10.2 Å². The Morgan fingerprint density at radius 2 is 1.85 bits per heavy atom. The van der Waals surface area contributed by atoms with Gasteiger partial charge < -0.3 is 14.8 Å². The molecule has 2 rings (SSSR count). The second-order valence-electron chi connectivity index (χ2n) is 4.13. The minimum Gasteiger partial charge on any atom is -0.489 e. The smallest absolute Gasteiger partial charge is 0.488 e. The monoisotopic (exact) mass is 298 g/mol. The van der Waals surface area contributed by atoms with Gasteiger partial charge in [-0.25, -0.2) is 8.78 Å². The van der Waals surface area contributed by atoms with Crippen molar-refractivity contribution in [1.29, 1.82) is 0 Å². The minimum absolute atomic E-state index is 0.0165. The molecule has 0 aliphatic rings. The van der Waals surface area contributed by atoms with Crippen LogP contribution in [0, 0.1) is 11.6 Å². The van der Waals surface area contributed by atoms with Gasteiger partial charge in [0.15, 0.2) is 0 Å². The Labute approximate surface area is 119 Å². The van der Waals surface area contributed by atoms with Crippen LogP contribution in [0.3, 0.4) is 0 Å². The van der Waals surface area contributed by atoms with E-state index in [1.165, 1.54) is 24.3 Å². The number of hydrogen-bond acceptors (Lipinski definition) is 3. The van der Waals surface area contributed by atoms with E-state index in [0.29, 0.717) is 5.56 Å². The molecule has 0 saturated carbocycles. The molecule has 0 amide bonds. The molecule has 0 aliphatic carbocycles. The van der Waals surface area contributed by atoms with Crippen molar-refractivity contribution in [1.82, 2.24) is 0 Å². The molecule has 0 unspecified atom stereocenters. The zero-order valence-corrected chi connectivity index (χ0v) is 10.9. The van der Waals surface area contributed by atoms with E-state index in [9.17, 15) is 8.78 Å². The summed E-state index contributed by atoms with van der Waals surface area (Å²) in [6.07, 6.45) is 0. The molecule has 0 aromatic heterocycles. The molecule has 7 heteroatoms. The van der Waals surface area contributed by atoms with Crippen LogP contribution in [-0.2, 0) is 6.61 Å². The summed E-state index contributed by atoms with van der Waals surface area (Å²) >= 11 is 5.63. The van der Waals surface area contributed by atoms with Gasteiger partial charge in [0.25, 0.3) is 0 Å². The lowest BCUT2D eigenvalue weighted by Gasteiger charge is -2.09. The first-order valence-corrected chi connectivity index (χ1v) is 6.07. The molecular weight excluding hydrogens is 288 g/mol. The van der Waals surface area contributed by atoms with Gasteiger partial charge in [0, 0.05) is 6.07 Å². The van der Waals surface area contributed by atoms with Crippen LogP contribution in [0.4, 0.5) is 8.78 Å². The fraction of sp³-hybridized carbons (Fsp3) is 0.0769. The Bertz CT molecular complexity index is 623. The summed E-state index contributed by atoms with van der Waals surface area (Å²) in [4.78, 5) is 0. The summed E-state index contributed by atoms with van der Waals surface area (Å²) in [5.41, 5.74) is 0.587. The van der Waals surface area contributed by atoms with Crippen LogP contribution in [0.15, 0.2) is 36.4 Å². The second-order valence-corrected chi connectivity index (χ2v) is 4.54. The fourth-order valence-corrected chi connectivity index (χ4v) is 1.82. The molecule has 0 atom stereocenters. The number of ether oxygens (including phenoxy) is 1. The van der Waals surface area contributed by atoms with E-state index >= 15 is 0 Å². The Kier molecular flexibility index (Phi) is 4.59. The summed E-state index contributed by atoms with van der Waals surface area (Å²) < 4.78 is 31.6. The highest BCUT2D eigenvalue weighted by molar-refractivity contribution is 6.58. The largest absolute Gasteiger partial charge is 0.489 e. The predicted octanol–water partition coefficient (Wildman–Crippen LogP) is 1.88. The summed E-state index contributed by atoms with van der Waals surface area (Å²) in [7, 11) is -1.78. The van der Waals surface area contributed by atoms with Gasteiger partial charge in [0.05, 0.1) is 5.02 Å². The predicted molar refractivity (Wildman–Crippen MR) is 72.0 cm³/mol. The summed E-state index contributed by atoms with van der Waals surface area (Å²) in [5, 5.41) is 18.0. The average Bonchev–Trinajstić information content (AvgIpc) is 2.39. The molecule has 2 N–H and O–H groups in total. The third-order valence-electron chi connectivity index (χ3n) is 2.58. The molecule has 0 aliphatic heterocycles. The van der Waals surface area contributed by atoms with Gasteiger partial charge in [0.1, 0.15) is 24.0 Å². The van der Waals surface area contributed by atoms with Crippen molar-refractivity contribution in [3.05, 3.63) is 58.6 Å². The van der Waals surface area contributed by atoms with Gasteiger partial charge in [-0.15, -0.1) is 0 Å². The first-order chi connectivity index (χ1) is 9.45. The fourth-order valence-electron chi connectivity index (χ4n) is 1.61. The second kappa shape index (κ2) is 6.22. The quantitative estimate of drug-likeness (QED) is 0.847.